The predicted octanol–water partition coefficient (Wildman–Crippen LogP) is 2.00. The first-order valence-electron chi connectivity index (χ1n) is 5.34. The standard InChI is InChI=1S/C14H11NO3/c15-13(16)10-6-8-11(9-7-10)14(17)18-12-4-2-1-3-5-12/h1-9H,(H2,15,16). The Morgan fingerprint density at radius 3 is 1.94 bits per heavy atom. The third kappa shape index (κ3) is 2.74. The number of benzene rings is 2. The number of nitrogens with two attached hydrogens (primary N) is 1. The number of para-hydroxylation sites is 1. The van der Waals surface area contributed by atoms with Gasteiger partial charge in [-0.2, -0.15) is 0 Å². The minimum Gasteiger partial charge on any atom is -0.423 e. The van der Waals surface area contributed by atoms with Crippen LogP contribution in [0.4, 0.5) is 0 Å². The SMILES string of the molecule is NC(=O)c1ccc(C(=O)Oc2ccccc2)cc1. The largest absolute Gasteiger partial charge is 0.423 e. The van der Waals surface area contributed by atoms with Gasteiger partial charge in [-0.3, -0.25) is 4.79 Å². The molecule has 2 N–H and O–H groups in total. The fourth-order valence-corrected chi connectivity index (χ4v) is 1.43. The molecular formula is C14H11NO3. The van der Waals surface area contributed by atoms with Gasteiger partial charge in [0.05, 0.1) is 5.56 Å². The molecule has 0 spiro atoms. The van der Waals surface area contributed by atoms with Crippen molar-refractivity contribution in [3.8, 4) is 5.75 Å². The third-order valence-corrected chi connectivity index (χ3v) is 2.36. The summed E-state index contributed by atoms with van der Waals surface area (Å²) in [5.74, 6) is -0.531. The number of carbonyl (C=O) groups is 2. The van der Waals surface area contributed by atoms with E-state index in [1.54, 1.807) is 24.3 Å². The number of primary amides is 1. The monoisotopic (exact) mass is 241 g/mol. The number of hydrogen-bond acceptors (Lipinski definition) is 3. The first kappa shape index (κ1) is 11.9. The molecule has 0 unspecified atom stereocenters. The lowest BCUT2D eigenvalue weighted by Crippen LogP contribution is -2.12. The molecule has 90 valence electrons. The Kier molecular flexibility index (Phi) is 3.38. The van der Waals surface area contributed by atoms with Crippen LogP contribution in [0.5, 0.6) is 5.75 Å². The minimum absolute atomic E-state index is 0.353. The van der Waals surface area contributed by atoms with Gasteiger partial charge in [0.25, 0.3) is 0 Å². The molecule has 2 aromatic carbocycles. The van der Waals surface area contributed by atoms with E-state index in [0.29, 0.717) is 16.9 Å². The zero-order valence-electron chi connectivity index (χ0n) is 9.50. The van der Waals surface area contributed by atoms with E-state index in [1.165, 1.54) is 24.3 Å². The highest BCUT2D eigenvalue weighted by molar-refractivity contribution is 5.95. The molecule has 18 heavy (non-hydrogen) atoms. The molecule has 0 aliphatic carbocycles. The summed E-state index contributed by atoms with van der Waals surface area (Å²) in [7, 11) is 0. The van der Waals surface area contributed by atoms with E-state index in [-0.39, 0.29) is 0 Å². The second-order valence-electron chi connectivity index (χ2n) is 3.64. The Morgan fingerprint density at radius 1 is 0.833 bits per heavy atom. The van der Waals surface area contributed by atoms with Gasteiger partial charge in [0.15, 0.2) is 0 Å². The average Bonchev–Trinajstić information content (AvgIpc) is 2.40. The van der Waals surface area contributed by atoms with Gasteiger partial charge in [-0.25, -0.2) is 4.79 Å². The number of carbonyl (C=O) groups excluding carboxylic acids is 2. The van der Waals surface area contributed by atoms with Crippen LogP contribution >= 0.6 is 0 Å². The van der Waals surface area contributed by atoms with E-state index >= 15 is 0 Å². The molecule has 0 heterocycles. The van der Waals surface area contributed by atoms with Crippen molar-refractivity contribution in [1.29, 1.82) is 0 Å². The van der Waals surface area contributed by atoms with Crippen LogP contribution in [0.15, 0.2) is 54.6 Å². The van der Waals surface area contributed by atoms with Gasteiger partial charge >= 0.3 is 5.97 Å². The van der Waals surface area contributed by atoms with Gasteiger partial charge in [0.1, 0.15) is 5.75 Å². The van der Waals surface area contributed by atoms with Crippen LogP contribution < -0.4 is 10.5 Å². The number of hydrogen-bond donors (Lipinski definition) is 1. The lowest BCUT2D eigenvalue weighted by Gasteiger charge is -2.04. The van der Waals surface area contributed by atoms with Gasteiger partial charge in [-0.15, -0.1) is 0 Å². The Balaban J connectivity index is 2.12. The van der Waals surface area contributed by atoms with E-state index in [1.807, 2.05) is 6.07 Å². The molecule has 0 radical (unpaired) electrons. The molecule has 0 saturated carbocycles. The highest BCUT2D eigenvalue weighted by Gasteiger charge is 2.09. The zero-order valence-corrected chi connectivity index (χ0v) is 9.50. The van der Waals surface area contributed by atoms with Crippen molar-refractivity contribution in [3.63, 3.8) is 0 Å². The summed E-state index contributed by atoms with van der Waals surface area (Å²) in [4.78, 5) is 22.6. The molecule has 0 atom stereocenters. The lowest BCUT2D eigenvalue weighted by atomic mass is 10.1. The molecule has 0 aliphatic heterocycles. The van der Waals surface area contributed by atoms with Gasteiger partial charge < -0.3 is 10.5 Å². The zero-order chi connectivity index (χ0) is 13.0. The molecule has 2 aromatic rings. The van der Waals surface area contributed by atoms with Crippen molar-refractivity contribution >= 4 is 11.9 Å². The Bertz CT molecular complexity index is 561. The van der Waals surface area contributed by atoms with Crippen LogP contribution in [0.1, 0.15) is 20.7 Å². The minimum atomic E-state index is -0.530. The summed E-state index contributed by atoms with van der Waals surface area (Å²) in [5, 5.41) is 0. The fourth-order valence-electron chi connectivity index (χ4n) is 1.43. The van der Waals surface area contributed by atoms with E-state index < -0.39 is 11.9 Å². The molecule has 0 fully saturated rings. The number of esters is 1. The molecule has 0 saturated heterocycles. The van der Waals surface area contributed by atoms with Crippen molar-refractivity contribution in [2.75, 3.05) is 0 Å². The maximum absolute atomic E-state index is 11.8. The van der Waals surface area contributed by atoms with Crippen molar-refractivity contribution in [3.05, 3.63) is 65.7 Å². The van der Waals surface area contributed by atoms with Crippen molar-refractivity contribution in [2.45, 2.75) is 0 Å². The molecule has 1 amide bonds. The quantitative estimate of drug-likeness (QED) is 0.660. The van der Waals surface area contributed by atoms with E-state index in [9.17, 15) is 9.59 Å². The lowest BCUT2D eigenvalue weighted by molar-refractivity contribution is 0.0734. The van der Waals surface area contributed by atoms with Gasteiger partial charge in [-0.05, 0) is 36.4 Å². The predicted molar refractivity (Wildman–Crippen MR) is 66.4 cm³/mol. The van der Waals surface area contributed by atoms with Crippen LogP contribution in [-0.4, -0.2) is 11.9 Å². The highest BCUT2D eigenvalue weighted by atomic mass is 16.5. The van der Waals surface area contributed by atoms with Gasteiger partial charge in [0.2, 0.25) is 5.91 Å². The van der Waals surface area contributed by atoms with E-state index in [4.69, 9.17) is 10.5 Å². The number of ether oxygens (including phenoxy) is 1. The molecule has 2 rings (SSSR count). The maximum atomic E-state index is 11.8. The summed E-state index contributed by atoms with van der Waals surface area (Å²) in [6.45, 7) is 0. The second kappa shape index (κ2) is 5.14. The molecule has 4 nitrogen and oxygen atoms in total. The maximum Gasteiger partial charge on any atom is 0.343 e. The summed E-state index contributed by atoms with van der Waals surface area (Å²) < 4.78 is 5.15. The topological polar surface area (TPSA) is 69.4 Å². The molecule has 4 heteroatoms. The summed E-state index contributed by atoms with van der Waals surface area (Å²) in [5.41, 5.74) is 5.83. The van der Waals surface area contributed by atoms with E-state index in [0.717, 1.165) is 0 Å². The smallest absolute Gasteiger partial charge is 0.343 e. The fraction of sp³-hybridized carbons (Fsp3) is 0. The Hall–Kier alpha value is -2.62. The molecule has 0 bridgehead atoms. The van der Waals surface area contributed by atoms with E-state index in [2.05, 4.69) is 0 Å². The molecular weight excluding hydrogens is 230 g/mol. The third-order valence-electron chi connectivity index (χ3n) is 2.36. The first-order valence-corrected chi connectivity index (χ1v) is 5.34. The van der Waals surface area contributed by atoms with Crippen LogP contribution in [0.3, 0.4) is 0 Å². The van der Waals surface area contributed by atoms with Crippen molar-refractivity contribution in [1.82, 2.24) is 0 Å². The first-order chi connectivity index (χ1) is 8.66. The van der Waals surface area contributed by atoms with Gasteiger partial charge in [-0.1, -0.05) is 18.2 Å². The Morgan fingerprint density at radius 2 is 1.39 bits per heavy atom. The van der Waals surface area contributed by atoms with Crippen LogP contribution in [0.2, 0.25) is 0 Å². The summed E-state index contributed by atoms with van der Waals surface area (Å²) >= 11 is 0. The molecule has 0 aliphatic rings. The summed E-state index contributed by atoms with van der Waals surface area (Å²) in [6.07, 6.45) is 0. The average molecular weight is 241 g/mol. The normalized spacial score (nSPS) is 9.78. The van der Waals surface area contributed by atoms with Crippen molar-refractivity contribution < 1.29 is 14.3 Å². The second-order valence-corrected chi connectivity index (χ2v) is 3.64. The highest BCUT2D eigenvalue weighted by Crippen LogP contribution is 2.12. The van der Waals surface area contributed by atoms with Crippen LogP contribution in [0.25, 0.3) is 0 Å². The number of amides is 1. The molecule has 0 aromatic heterocycles. The van der Waals surface area contributed by atoms with Gasteiger partial charge in [0, 0.05) is 5.56 Å². The Labute approximate surface area is 104 Å². The summed E-state index contributed by atoms with van der Waals surface area (Å²) in [6, 6.07) is 14.8. The van der Waals surface area contributed by atoms with Crippen LogP contribution in [0, 0.1) is 0 Å². The van der Waals surface area contributed by atoms with Crippen LogP contribution in [-0.2, 0) is 0 Å². The number of rotatable bonds is 3. The van der Waals surface area contributed by atoms with Crippen molar-refractivity contribution in [2.24, 2.45) is 5.73 Å².